The van der Waals surface area contributed by atoms with E-state index in [1.54, 1.807) is 0 Å². The standard InChI is InChI=1S/C13H19BrN2O2S/c1-10-5-6-12(14)13(8-10)15-19(17,18)16-7-3-4-11(2)9-16/h5-6,8,11,15H,3-4,7,9H2,1-2H3. The van der Waals surface area contributed by atoms with E-state index in [1.165, 1.54) is 4.31 Å². The van der Waals surface area contributed by atoms with Crippen molar-refractivity contribution in [3.05, 3.63) is 28.2 Å². The summed E-state index contributed by atoms with van der Waals surface area (Å²) in [5.74, 6) is 0.422. The number of anilines is 1. The van der Waals surface area contributed by atoms with Crippen LogP contribution in [0.15, 0.2) is 22.7 Å². The van der Waals surface area contributed by atoms with Gasteiger partial charge < -0.3 is 0 Å². The number of nitrogens with one attached hydrogen (secondary N) is 1. The van der Waals surface area contributed by atoms with E-state index in [0.29, 0.717) is 24.7 Å². The van der Waals surface area contributed by atoms with E-state index in [-0.39, 0.29) is 0 Å². The number of benzene rings is 1. The molecule has 0 spiro atoms. The number of aryl methyl sites for hydroxylation is 1. The highest BCUT2D eigenvalue weighted by Gasteiger charge is 2.27. The average Bonchev–Trinajstić information content (AvgIpc) is 2.33. The van der Waals surface area contributed by atoms with E-state index in [4.69, 9.17) is 0 Å². The summed E-state index contributed by atoms with van der Waals surface area (Å²) < 4.78 is 29.7. The molecule has 1 N–H and O–H groups in total. The maximum Gasteiger partial charge on any atom is 0.301 e. The van der Waals surface area contributed by atoms with Crippen molar-refractivity contribution in [3.8, 4) is 0 Å². The molecule has 1 aliphatic heterocycles. The zero-order valence-corrected chi connectivity index (χ0v) is 13.6. The van der Waals surface area contributed by atoms with Crippen molar-refractivity contribution >= 4 is 31.8 Å². The van der Waals surface area contributed by atoms with Crippen LogP contribution in [0.25, 0.3) is 0 Å². The van der Waals surface area contributed by atoms with Crippen molar-refractivity contribution in [2.24, 2.45) is 5.92 Å². The molecule has 4 nitrogen and oxygen atoms in total. The third-order valence-electron chi connectivity index (χ3n) is 3.32. The first-order valence-corrected chi connectivity index (χ1v) is 8.66. The second-order valence-electron chi connectivity index (χ2n) is 5.20. The summed E-state index contributed by atoms with van der Waals surface area (Å²) in [4.78, 5) is 0. The highest BCUT2D eigenvalue weighted by atomic mass is 79.9. The molecule has 1 heterocycles. The number of halogens is 1. The molecule has 0 saturated carbocycles. The van der Waals surface area contributed by atoms with Crippen molar-refractivity contribution < 1.29 is 8.42 Å². The fraction of sp³-hybridized carbons (Fsp3) is 0.538. The van der Waals surface area contributed by atoms with E-state index >= 15 is 0 Å². The third-order valence-corrected chi connectivity index (χ3v) is 5.50. The first-order chi connectivity index (χ1) is 8.88. The quantitative estimate of drug-likeness (QED) is 0.913. The van der Waals surface area contributed by atoms with Gasteiger partial charge in [-0.25, -0.2) is 0 Å². The molecule has 1 fully saturated rings. The second-order valence-corrected chi connectivity index (χ2v) is 7.72. The largest absolute Gasteiger partial charge is 0.301 e. The Labute approximate surface area is 123 Å². The Hall–Kier alpha value is -0.590. The van der Waals surface area contributed by atoms with E-state index < -0.39 is 10.2 Å². The van der Waals surface area contributed by atoms with Crippen LogP contribution in [-0.2, 0) is 10.2 Å². The molecule has 0 aromatic heterocycles. The number of piperidine rings is 1. The van der Waals surface area contributed by atoms with Gasteiger partial charge >= 0.3 is 10.2 Å². The lowest BCUT2D eigenvalue weighted by atomic mass is 10.0. The molecule has 0 aliphatic carbocycles. The monoisotopic (exact) mass is 346 g/mol. The fourth-order valence-corrected chi connectivity index (χ4v) is 4.16. The van der Waals surface area contributed by atoms with Crippen molar-refractivity contribution in [1.29, 1.82) is 0 Å². The first-order valence-electron chi connectivity index (χ1n) is 6.42. The summed E-state index contributed by atoms with van der Waals surface area (Å²) in [6, 6.07) is 5.62. The van der Waals surface area contributed by atoms with Gasteiger partial charge in [-0.3, -0.25) is 4.72 Å². The SMILES string of the molecule is Cc1ccc(Br)c(NS(=O)(=O)N2CCCC(C)C2)c1. The fourth-order valence-electron chi connectivity index (χ4n) is 2.29. The smallest absolute Gasteiger partial charge is 0.270 e. The molecule has 1 aromatic rings. The number of hydrogen-bond donors (Lipinski definition) is 1. The van der Waals surface area contributed by atoms with Gasteiger partial charge in [-0.05, 0) is 59.3 Å². The predicted molar refractivity (Wildman–Crippen MR) is 81.4 cm³/mol. The van der Waals surface area contributed by atoms with E-state index in [0.717, 1.165) is 22.9 Å². The molecule has 1 aromatic carbocycles. The summed E-state index contributed by atoms with van der Waals surface area (Å²) in [7, 11) is -3.46. The summed E-state index contributed by atoms with van der Waals surface area (Å²) in [6.07, 6.45) is 2.03. The predicted octanol–water partition coefficient (Wildman–Crippen LogP) is 3.15. The Kier molecular flexibility index (Phi) is 4.53. The van der Waals surface area contributed by atoms with Crippen LogP contribution in [0.5, 0.6) is 0 Å². The van der Waals surface area contributed by atoms with Crippen molar-refractivity contribution in [3.63, 3.8) is 0 Å². The molecule has 1 saturated heterocycles. The van der Waals surface area contributed by atoms with Crippen LogP contribution in [0.1, 0.15) is 25.3 Å². The second kappa shape index (κ2) is 5.81. The number of nitrogens with zero attached hydrogens (tertiary/aromatic N) is 1. The molecule has 1 atom stereocenters. The normalized spacial score (nSPS) is 21.3. The van der Waals surface area contributed by atoms with Gasteiger partial charge in [0.2, 0.25) is 0 Å². The van der Waals surface area contributed by atoms with Crippen molar-refractivity contribution in [2.75, 3.05) is 17.8 Å². The maximum absolute atomic E-state index is 12.4. The van der Waals surface area contributed by atoms with Gasteiger partial charge in [0.1, 0.15) is 0 Å². The molecular weight excluding hydrogens is 328 g/mol. The van der Waals surface area contributed by atoms with Crippen LogP contribution in [0, 0.1) is 12.8 Å². The Bertz CT molecular complexity index is 560. The minimum Gasteiger partial charge on any atom is -0.270 e. The molecule has 1 aliphatic rings. The Morgan fingerprint density at radius 1 is 1.42 bits per heavy atom. The lowest BCUT2D eigenvalue weighted by Gasteiger charge is -2.30. The molecule has 106 valence electrons. The topological polar surface area (TPSA) is 49.4 Å². The summed E-state index contributed by atoms with van der Waals surface area (Å²) in [5, 5.41) is 0. The first kappa shape index (κ1) is 14.8. The molecule has 2 rings (SSSR count). The van der Waals surface area contributed by atoms with Crippen LogP contribution < -0.4 is 4.72 Å². The number of rotatable bonds is 3. The molecule has 6 heteroatoms. The van der Waals surface area contributed by atoms with E-state index in [2.05, 4.69) is 27.6 Å². The number of hydrogen-bond acceptors (Lipinski definition) is 2. The van der Waals surface area contributed by atoms with Gasteiger partial charge in [-0.2, -0.15) is 12.7 Å². The Morgan fingerprint density at radius 3 is 2.84 bits per heavy atom. The maximum atomic E-state index is 12.4. The van der Waals surface area contributed by atoms with E-state index in [1.807, 2.05) is 25.1 Å². The van der Waals surface area contributed by atoms with Crippen molar-refractivity contribution in [2.45, 2.75) is 26.7 Å². The molecule has 0 bridgehead atoms. The highest BCUT2D eigenvalue weighted by molar-refractivity contribution is 9.10. The molecule has 1 unspecified atom stereocenters. The van der Waals surface area contributed by atoms with Crippen LogP contribution in [0.4, 0.5) is 5.69 Å². The molecule has 0 radical (unpaired) electrons. The lowest BCUT2D eigenvalue weighted by Crippen LogP contribution is -2.42. The zero-order valence-electron chi connectivity index (χ0n) is 11.2. The average molecular weight is 347 g/mol. The summed E-state index contributed by atoms with van der Waals surface area (Å²) in [6.45, 7) is 5.22. The minimum absolute atomic E-state index is 0.422. The van der Waals surface area contributed by atoms with E-state index in [9.17, 15) is 8.42 Å². The van der Waals surface area contributed by atoms with Gasteiger partial charge in [0.05, 0.1) is 5.69 Å². The Balaban J connectivity index is 2.18. The van der Waals surface area contributed by atoms with Crippen LogP contribution in [0.3, 0.4) is 0 Å². The van der Waals surface area contributed by atoms with Crippen LogP contribution in [0.2, 0.25) is 0 Å². The van der Waals surface area contributed by atoms with Gasteiger partial charge in [0, 0.05) is 17.6 Å². The Morgan fingerprint density at radius 2 is 2.16 bits per heavy atom. The molecule has 0 amide bonds. The molecular formula is C13H19BrN2O2S. The van der Waals surface area contributed by atoms with Gasteiger partial charge in [0.25, 0.3) is 0 Å². The minimum atomic E-state index is -3.46. The van der Waals surface area contributed by atoms with Crippen molar-refractivity contribution in [1.82, 2.24) is 4.31 Å². The zero-order chi connectivity index (χ0) is 14.0. The van der Waals surface area contributed by atoms with Gasteiger partial charge in [-0.15, -0.1) is 0 Å². The van der Waals surface area contributed by atoms with Gasteiger partial charge in [0.15, 0.2) is 0 Å². The third kappa shape index (κ3) is 3.70. The van der Waals surface area contributed by atoms with Crippen LogP contribution in [-0.4, -0.2) is 25.8 Å². The van der Waals surface area contributed by atoms with Gasteiger partial charge in [-0.1, -0.05) is 13.0 Å². The lowest BCUT2D eigenvalue weighted by molar-refractivity contribution is 0.282. The summed E-state index contributed by atoms with van der Waals surface area (Å²) in [5.41, 5.74) is 1.62. The summed E-state index contributed by atoms with van der Waals surface area (Å²) >= 11 is 3.37. The molecule has 19 heavy (non-hydrogen) atoms. The highest BCUT2D eigenvalue weighted by Crippen LogP contribution is 2.26. The van der Waals surface area contributed by atoms with Crippen LogP contribution >= 0.6 is 15.9 Å².